The lowest BCUT2D eigenvalue weighted by Crippen LogP contribution is -2.44. The number of fused-ring (bicyclic) bond motifs is 1. The Kier molecular flexibility index (Phi) is 6.40. The largest absolute Gasteiger partial charge is 0.480 e. The van der Waals surface area contributed by atoms with Gasteiger partial charge in [0, 0.05) is 31.4 Å². The lowest BCUT2D eigenvalue weighted by molar-refractivity contribution is -0.258. The summed E-state index contributed by atoms with van der Waals surface area (Å²) in [5, 5.41) is 11.9. The molecule has 0 aliphatic heterocycles. The summed E-state index contributed by atoms with van der Waals surface area (Å²) in [6, 6.07) is 4.11. The van der Waals surface area contributed by atoms with Gasteiger partial charge in [0.15, 0.2) is 11.5 Å². The summed E-state index contributed by atoms with van der Waals surface area (Å²) in [6.45, 7) is 0. The summed E-state index contributed by atoms with van der Waals surface area (Å²) in [7, 11) is 1.49. The van der Waals surface area contributed by atoms with E-state index in [0.29, 0.717) is 11.6 Å². The van der Waals surface area contributed by atoms with Gasteiger partial charge >= 0.3 is 11.7 Å². The van der Waals surface area contributed by atoms with Crippen molar-refractivity contribution in [3.8, 4) is 5.69 Å². The summed E-state index contributed by atoms with van der Waals surface area (Å²) < 4.78 is 30.0. The van der Waals surface area contributed by atoms with Crippen LogP contribution in [0.15, 0.2) is 58.5 Å². The van der Waals surface area contributed by atoms with Crippen molar-refractivity contribution in [1.29, 1.82) is 0 Å². The second-order valence-corrected chi connectivity index (χ2v) is 7.87. The highest BCUT2D eigenvalue weighted by Gasteiger charge is 2.25. The molecule has 0 bridgehead atoms. The maximum atomic E-state index is 14.1. The minimum Gasteiger partial charge on any atom is -0.480 e. The van der Waals surface area contributed by atoms with Gasteiger partial charge < -0.3 is 16.2 Å². The van der Waals surface area contributed by atoms with Crippen LogP contribution in [0, 0.1) is 11.6 Å². The van der Waals surface area contributed by atoms with Crippen LogP contribution < -0.4 is 22.3 Å². The zero-order valence-electron chi connectivity index (χ0n) is 18.7. The Morgan fingerprint density at radius 2 is 1.89 bits per heavy atom. The fourth-order valence-electron chi connectivity index (χ4n) is 3.60. The van der Waals surface area contributed by atoms with E-state index in [1.54, 1.807) is 0 Å². The van der Waals surface area contributed by atoms with Crippen LogP contribution in [0.4, 0.5) is 14.5 Å². The number of carbonyl (C=O) groups excluding carboxylic acids is 1. The van der Waals surface area contributed by atoms with E-state index < -0.39 is 46.4 Å². The molecule has 184 valence electrons. The average molecular weight is 497 g/mol. The van der Waals surface area contributed by atoms with E-state index in [-0.39, 0.29) is 28.9 Å². The van der Waals surface area contributed by atoms with E-state index in [9.17, 15) is 33.1 Å². The monoisotopic (exact) mass is 497 g/mol. The molecule has 3 heterocycles. The van der Waals surface area contributed by atoms with Gasteiger partial charge in [0.2, 0.25) is 0 Å². The molecule has 4 rings (SSSR count). The topological polar surface area (TPSA) is 164 Å². The van der Waals surface area contributed by atoms with Gasteiger partial charge in [0.05, 0.1) is 34.5 Å². The third kappa shape index (κ3) is 4.46. The Labute approximate surface area is 200 Å². The fourth-order valence-corrected chi connectivity index (χ4v) is 3.60. The van der Waals surface area contributed by atoms with E-state index in [0.717, 1.165) is 10.6 Å². The maximum Gasteiger partial charge on any atom is 0.335 e. The third-order valence-corrected chi connectivity index (χ3v) is 5.54. The molecule has 0 saturated carbocycles. The molecule has 36 heavy (non-hydrogen) atoms. The Hall–Kier alpha value is -4.78. The van der Waals surface area contributed by atoms with Crippen LogP contribution in [0.1, 0.15) is 16.1 Å². The maximum absolute atomic E-state index is 14.1. The van der Waals surface area contributed by atoms with Gasteiger partial charge in [-0.15, -0.1) is 0 Å². The number of carboxylic acid groups (broad SMARTS) is 1. The highest BCUT2D eigenvalue weighted by Crippen LogP contribution is 2.16. The number of aryl methyl sites for hydroxylation is 1. The number of rotatable bonds is 6. The van der Waals surface area contributed by atoms with E-state index >= 15 is 0 Å². The molecular weight excluding hydrogens is 478 g/mol. The standard InChI is InChI=1S/C23H18F2N6O5/c1-30-19-10-27-5-4-13(19)21(33)31(23(30)36)12-3-2-11(28-9-12)6-18(22(34)35)29-20(32)14-7-16(25)17(26)8-15(14)24/h2-5,7-10,18H,6,26H2,1H3,(H,29,32)(H,34,35)/p+1. The molecule has 0 spiro atoms. The summed E-state index contributed by atoms with van der Waals surface area (Å²) in [5.74, 6) is -4.53. The average Bonchev–Trinajstić information content (AvgIpc) is 2.85. The number of nitrogens with zero attached hydrogens (tertiary/aromatic N) is 4. The van der Waals surface area contributed by atoms with Crippen LogP contribution in [-0.2, 0) is 18.3 Å². The number of aromatic nitrogens is 4. The Morgan fingerprint density at radius 1 is 1.14 bits per heavy atom. The smallest absolute Gasteiger partial charge is 0.335 e. The van der Waals surface area contributed by atoms with Gasteiger partial charge in [0.1, 0.15) is 11.9 Å². The number of benzene rings is 1. The number of quaternary nitrogens is 1. The first-order valence-electron chi connectivity index (χ1n) is 10.4. The van der Waals surface area contributed by atoms with Crippen LogP contribution in [-0.4, -0.2) is 42.1 Å². The van der Waals surface area contributed by atoms with Crippen LogP contribution in [0.5, 0.6) is 0 Å². The number of amides is 1. The lowest BCUT2D eigenvalue weighted by atomic mass is 10.1. The number of nitrogens with one attached hydrogen (secondary N) is 1. The molecular formula is C23H19F2N6O5+. The normalized spacial score (nSPS) is 11.9. The SMILES string of the molecule is Cn1c(=O)n(-c2ccc(CC(NC(=O)c3cc(F)c([NH3+])cc3F)C(=O)O)nc2)c(=O)c2ccncc21. The summed E-state index contributed by atoms with van der Waals surface area (Å²) in [6.07, 6.45) is 3.73. The van der Waals surface area contributed by atoms with Crippen LogP contribution in [0.2, 0.25) is 0 Å². The molecule has 1 unspecified atom stereocenters. The van der Waals surface area contributed by atoms with Gasteiger partial charge in [-0.1, -0.05) is 0 Å². The number of carbonyl (C=O) groups is 2. The zero-order valence-corrected chi connectivity index (χ0v) is 18.7. The van der Waals surface area contributed by atoms with Crippen molar-refractivity contribution in [3.63, 3.8) is 0 Å². The van der Waals surface area contributed by atoms with Crippen molar-refractivity contribution in [2.45, 2.75) is 12.5 Å². The Bertz CT molecular complexity index is 1630. The molecule has 1 aromatic carbocycles. The minimum absolute atomic E-state index is 0.143. The Morgan fingerprint density at radius 3 is 2.56 bits per heavy atom. The molecule has 11 nitrogen and oxygen atoms in total. The van der Waals surface area contributed by atoms with Crippen molar-refractivity contribution >= 4 is 28.5 Å². The van der Waals surface area contributed by atoms with Crippen molar-refractivity contribution in [2.24, 2.45) is 7.05 Å². The van der Waals surface area contributed by atoms with Gasteiger partial charge in [-0.3, -0.25) is 24.1 Å². The first-order valence-corrected chi connectivity index (χ1v) is 10.4. The Balaban J connectivity index is 1.60. The van der Waals surface area contributed by atoms with Crippen LogP contribution >= 0.6 is 0 Å². The molecule has 4 aromatic rings. The molecule has 0 radical (unpaired) electrons. The molecule has 0 aliphatic carbocycles. The molecule has 1 atom stereocenters. The number of hydrogen-bond donors (Lipinski definition) is 3. The number of halogens is 2. The van der Waals surface area contributed by atoms with E-state index in [2.05, 4.69) is 21.0 Å². The van der Waals surface area contributed by atoms with Crippen LogP contribution in [0.3, 0.4) is 0 Å². The first-order chi connectivity index (χ1) is 17.1. The summed E-state index contributed by atoms with van der Waals surface area (Å²) >= 11 is 0. The second kappa shape index (κ2) is 9.46. The van der Waals surface area contributed by atoms with Gasteiger partial charge in [-0.05, 0) is 24.3 Å². The van der Waals surface area contributed by atoms with Crippen molar-refractivity contribution in [2.75, 3.05) is 0 Å². The van der Waals surface area contributed by atoms with Gasteiger partial charge in [0.25, 0.3) is 11.5 Å². The number of pyridine rings is 2. The van der Waals surface area contributed by atoms with Crippen molar-refractivity contribution < 1.29 is 29.2 Å². The third-order valence-electron chi connectivity index (χ3n) is 5.54. The fraction of sp³-hybridized carbons (Fsp3) is 0.130. The number of hydrogen-bond acceptors (Lipinski definition) is 6. The van der Waals surface area contributed by atoms with Gasteiger partial charge in [-0.2, -0.15) is 0 Å². The summed E-state index contributed by atoms with van der Waals surface area (Å²) in [4.78, 5) is 57.8. The molecule has 3 aromatic heterocycles. The minimum atomic E-state index is -1.53. The molecule has 5 N–H and O–H groups in total. The molecule has 1 amide bonds. The van der Waals surface area contributed by atoms with Crippen LogP contribution in [0.25, 0.3) is 16.6 Å². The van der Waals surface area contributed by atoms with Gasteiger partial charge in [-0.25, -0.2) is 22.9 Å². The molecule has 13 heteroatoms. The predicted octanol–water partition coefficient (Wildman–Crippen LogP) is 0.0567. The highest BCUT2D eigenvalue weighted by molar-refractivity contribution is 5.97. The lowest BCUT2D eigenvalue weighted by Gasteiger charge is -2.15. The van der Waals surface area contributed by atoms with Crippen molar-refractivity contribution in [3.05, 3.63) is 92.7 Å². The number of aliphatic carboxylic acids is 1. The quantitative estimate of drug-likeness (QED) is 0.339. The summed E-state index contributed by atoms with van der Waals surface area (Å²) in [5.41, 5.74) is 1.86. The zero-order chi connectivity index (χ0) is 26.1. The van der Waals surface area contributed by atoms with E-state index in [1.807, 2.05) is 0 Å². The first kappa shape index (κ1) is 24.3. The second-order valence-electron chi connectivity index (χ2n) is 7.87. The molecule has 0 saturated heterocycles. The number of carboxylic acids is 1. The molecule has 0 fully saturated rings. The predicted molar refractivity (Wildman–Crippen MR) is 122 cm³/mol. The highest BCUT2D eigenvalue weighted by atomic mass is 19.1. The van der Waals surface area contributed by atoms with Crippen molar-refractivity contribution in [1.82, 2.24) is 24.4 Å². The van der Waals surface area contributed by atoms with E-state index in [1.165, 1.54) is 48.4 Å². The van der Waals surface area contributed by atoms with E-state index in [4.69, 9.17) is 0 Å². The molecule has 0 aliphatic rings.